The first kappa shape index (κ1) is 14.6. The van der Waals surface area contributed by atoms with Crippen LogP contribution in [0.15, 0.2) is 24.3 Å². The Kier molecular flexibility index (Phi) is 4.48. The predicted molar refractivity (Wildman–Crippen MR) is 82.1 cm³/mol. The van der Waals surface area contributed by atoms with Crippen LogP contribution in [0.5, 0.6) is 0 Å². The van der Waals surface area contributed by atoms with Gasteiger partial charge in [0.2, 0.25) is 0 Å². The quantitative estimate of drug-likeness (QED) is 0.765. The van der Waals surface area contributed by atoms with E-state index in [1.165, 1.54) is 0 Å². The van der Waals surface area contributed by atoms with E-state index >= 15 is 0 Å². The van der Waals surface area contributed by atoms with E-state index in [0.717, 1.165) is 29.6 Å². The zero-order valence-corrected chi connectivity index (χ0v) is 12.8. The van der Waals surface area contributed by atoms with Gasteiger partial charge in [0, 0.05) is 23.1 Å². The fraction of sp³-hybridized carbons (Fsp3) is 0.471. The minimum atomic E-state index is -0.218. The van der Waals surface area contributed by atoms with Crippen molar-refractivity contribution >= 4 is 16.9 Å². The molecule has 2 aromatic rings. The summed E-state index contributed by atoms with van der Waals surface area (Å²) < 4.78 is 7.44. The molecule has 1 aromatic heterocycles. The molecule has 0 fully saturated rings. The zero-order chi connectivity index (χ0) is 14.7. The van der Waals surface area contributed by atoms with Crippen LogP contribution in [0.2, 0.25) is 0 Å². The van der Waals surface area contributed by atoms with Crippen molar-refractivity contribution in [1.82, 2.24) is 4.57 Å². The summed E-state index contributed by atoms with van der Waals surface area (Å²) >= 11 is 0. The smallest absolute Gasteiger partial charge is 0.340 e. The number of carbonyl (C=O) groups excluding carboxylic acids is 1. The van der Waals surface area contributed by atoms with Crippen LogP contribution in [0.4, 0.5) is 0 Å². The lowest BCUT2D eigenvalue weighted by Gasteiger charge is -2.10. The number of carbonyl (C=O) groups is 1. The number of rotatable bonds is 5. The molecule has 0 saturated carbocycles. The van der Waals surface area contributed by atoms with Crippen molar-refractivity contribution in [2.45, 2.75) is 40.7 Å². The fourth-order valence-electron chi connectivity index (χ4n) is 2.57. The molecule has 0 saturated heterocycles. The van der Waals surface area contributed by atoms with Crippen LogP contribution in [0.1, 0.15) is 43.2 Å². The average molecular weight is 273 g/mol. The Morgan fingerprint density at radius 3 is 2.65 bits per heavy atom. The number of para-hydroxylation sites is 1. The molecule has 0 bridgehead atoms. The van der Waals surface area contributed by atoms with E-state index in [1.807, 2.05) is 32.0 Å². The summed E-state index contributed by atoms with van der Waals surface area (Å²) in [4.78, 5) is 12.2. The number of ether oxygens (including phenoxy) is 1. The highest BCUT2D eigenvalue weighted by Gasteiger charge is 2.20. The van der Waals surface area contributed by atoms with Crippen LogP contribution in [-0.4, -0.2) is 17.1 Å². The standard InChI is InChI=1S/C17H23NO2/c1-5-20-17(19)16-13(4)18(11-10-12(2)3)15-9-7-6-8-14(15)16/h6-9,12H,5,10-11H2,1-4H3. The topological polar surface area (TPSA) is 31.2 Å². The summed E-state index contributed by atoms with van der Waals surface area (Å²) in [5.74, 6) is 0.422. The molecule has 0 spiro atoms. The maximum absolute atomic E-state index is 12.2. The summed E-state index contributed by atoms with van der Waals surface area (Å²) in [7, 11) is 0. The van der Waals surface area contributed by atoms with Crippen LogP contribution in [0.3, 0.4) is 0 Å². The molecule has 2 rings (SSSR count). The fourth-order valence-corrected chi connectivity index (χ4v) is 2.57. The predicted octanol–water partition coefficient (Wildman–Crippen LogP) is 4.17. The van der Waals surface area contributed by atoms with Gasteiger partial charge in [-0.3, -0.25) is 0 Å². The van der Waals surface area contributed by atoms with E-state index < -0.39 is 0 Å². The number of hydrogen-bond donors (Lipinski definition) is 0. The van der Waals surface area contributed by atoms with Gasteiger partial charge in [0.25, 0.3) is 0 Å². The first-order valence-corrected chi connectivity index (χ1v) is 7.31. The molecule has 1 aromatic carbocycles. The number of fused-ring (bicyclic) bond motifs is 1. The van der Waals surface area contributed by atoms with Gasteiger partial charge in [-0.05, 0) is 32.3 Å². The molecule has 20 heavy (non-hydrogen) atoms. The van der Waals surface area contributed by atoms with Gasteiger partial charge in [-0.1, -0.05) is 32.0 Å². The molecule has 0 radical (unpaired) electrons. The molecule has 0 N–H and O–H groups in total. The van der Waals surface area contributed by atoms with Crippen LogP contribution in [0.25, 0.3) is 10.9 Å². The van der Waals surface area contributed by atoms with Crippen LogP contribution >= 0.6 is 0 Å². The Morgan fingerprint density at radius 1 is 1.30 bits per heavy atom. The van der Waals surface area contributed by atoms with Gasteiger partial charge in [0.15, 0.2) is 0 Å². The second kappa shape index (κ2) is 6.12. The number of aromatic nitrogens is 1. The zero-order valence-electron chi connectivity index (χ0n) is 12.8. The number of hydrogen-bond acceptors (Lipinski definition) is 2. The van der Waals surface area contributed by atoms with Crippen molar-refractivity contribution in [1.29, 1.82) is 0 Å². The van der Waals surface area contributed by atoms with E-state index in [1.54, 1.807) is 0 Å². The molecular weight excluding hydrogens is 250 g/mol. The molecule has 0 aliphatic rings. The molecule has 0 aliphatic carbocycles. The van der Waals surface area contributed by atoms with E-state index in [-0.39, 0.29) is 5.97 Å². The lowest BCUT2D eigenvalue weighted by molar-refractivity contribution is 0.0527. The summed E-state index contributed by atoms with van der Waals surface area (Å²) in [5.41, 5.74) is 2.84. The Bertz CT molecular complexity index is 611. The van der Waals surface area contributed by atoms with Crippen LogP contribution in [0, 0.1) is 12.8 Å². The number of nitrogens with zero attached hydrogens (tertiary/aromatic N) is 1. The third-order valence-electron chi connectivity index (χ3n) is 3.64. The lowest BCUT2D eigenvalue weighted by atomic mass is 10.1. The molecule has 0 aliphatic heterocycles. The maximum atomic E-state index is 12.2. The largest absolute Gasteiger partial charge is 0.462 e. The van der Waals surface area contributed by atoms with Gasteiger partial charge in [0.1, 0.15) is 0 Å². The molecule has 0 atom stereocenters. The average Bonchev–Trinajstić information content (AvgIpc) is 2.68. The Labute approximate surface area is 120 Å². The summed E-state index contributed by atoms with van der Waals surface area (Å²) in [5, 5.41) is 0.993. The SMILES string of the molecule is CCOC(=O)c1c(C)n(CCC(C)C)c2ccccc12. The molecule has 3 nitrogen and oxygen atoms in total. The normalized spacial score (nSPS) is 11.2. The van der Waals surface area contributed by atoms with Crippen molar-refractivity contribution < 1.29 is 9.53 Å². The van der Waals surface area contributed by atoms with Crippen molar-refractivity contribution in [2.75, 3.05) is 6.61 Å². The Morgan fingerprint density at radius 2 is 2.00 bits per heavy atom. The third kappa shape index (κ3) is 2.72. The monoisotopic (exact) mass is 273 g/mol. The lowest BCUT2D eigenvalue weighted by Crippen LogP contribution is -2.08. The highest BCUT2D eigenvalue weighted by atomic mass is 16.5. The molecule has 108 valence electrons. The van der Waals surface area contributed by atoms with Crippen LogP contribution in [-0.2, 0) is 11.3 Å². The first-order chi connectivity index (χ1) is 9.56. The van der Waals surface area contributed by atoms with Gasteiger partial charge in [-0.15, -0.1) is 0 Å². The first-order valence-electron chi connectivity index (χ1n) is 7.31. The Hall–Kier alpha value is -1.77. The summed E-state index contributed by atoms with van der Waals surface area (Å²) in [6.07, 6.45) is 1.10. The van der Waals surface area contributed by atoms with E-state index in [9.17, 15) is 4.79 Å². The molecule has 0 amide bonds. The highest BCUT2D eigenvalue weighted by Crippen LogP contribution is 2.27. The van der Waals surface area contributed by atoms with Gasteiger partial charge in [0.05, 0.1) is 12.2 Å². The van der Waals surface area contributed by atoms with Crippen molar-refractivity contribution in [3.8, 4) is 0 Å². The number of aryl methyl sites for hydroxylation is 1. The summed E-state index contributed by atoms with van der Waals surface area (Å²) in [6, 6.07) is 8.06. The van der Waals surface area contributed by atoms with Crippen molar-refractivity contribution in [3.63, 3.8) is 0 Å². The van der Waals surface area contributed by atoms with Crippen molar-refractivity contribution in [3.05, 3.63) is 35.5 Å². The van der Waals surface area contributed by atoms with Gasteiger partial charge in [-0.2, -0.15) is 0 Å². The number of esters is 1. The Balaban J connectivity index is 2.52. The van der Waals surface area contributed by atoms with Crippen molar-refractivity contribution in [2.24, 2.45) is 5.92 Å². The van der Waals surface area contributed by atoms with E-state index in [0.29, 0.717) is 18.1 Å². The molecular formula is C17H23NO2. The molecule has 0 unspecified atom stereocenters. The van der Waals surface area contributed by atoms with E-state index in [4.69, 9.17) is 4.74 Å². The van der Waals surface area contributed by atoms with Gasteiger partial charge >= 0.3 is 5.97 Å². The van der Waals surface area contributed by atoms with Gasteiger partial charge in [-0.25, -0.2) is 4.79 Å². The summed E-state index contributed by atoms with van der Waals surface area (Å²) in [6.45, 7) is 9.62. The minimum Gasteiger partial charge on any atom is -0.462 e. The third-order valence-corrected chi connectivity index (χ3v) is 3.64. The second-order valence-electron chi connectivity index (χ2n) is 5.53. The molecule has 3 heteroatoms. The second-order valence-corrected chi connectivity index (χ2v) is 5.53. The minimum absolute atomic E-state index is 0.218. The van der Waals surface area contributed by atoms with E-state index in [2.05, 4.69) is 24.5 Å². The van der Waals surface area contributed by atoms with Crippen LogP contribution < -0.4 is 0 Å². The maximum Gasteiger partial charge on any atom is 0.340 e. The highest BCUT2D eigenvalue weighted by molar-refractivity contribution is 6.05. The molecule has 1 heterocycles. The van der Waals surface area contributed by atoms with Gasteiger partial charge < -0.3 is 9.30 Å². The number of benzene rings is 1.